The zero-order valence-corrected chi connectivity index (χ0v) is 10.4. The molecule has 0 fully saturated rings. The fourth-order valence-corrected chi connectivity index (χ4v) is 1.48. The molecule has 18 heavy (non-hydrogen) atoms. The van der Waals surface area contributed by atoms with Crippen LogP contribution in [0.3, 0.4) is 0 Å². The molecule has 6 N–H and O–H groups in total. The van der Waals surface area contributed by atoms with Crippen LogP contribution < -0.4 is 21.1 Å². The summed E-state index contributed by atoms with van der Waals surface area (Å²) in [5.74, 6) is 0.671. The van der Waals surface area contributed by atoms with Crippen LogP contribution >= 0.6 is 0 Å². The molecule has 0 aliphatic carbocycles. The second-order valence-electron chi connectivity index (χ2n) is 3.79. The summed E-state index contributed by atoms with van der Waals surface area (Å²) < 4.78 is 5.08. The van der Waals surface area contributed by atoms with Crippen LogP contribution in [0, 0.1) is 10.8 Å². The van der Waals surface area contributed by atoms with E-state index in [0.29, 0.717) is 6.54 Å². The fraction of sp³-hybridized carbons (Fsp3) is 0.333. The topological polar surface area (TPSA) is 107 Å². The highest BCUT2D eigenvalue weighted by molar-refractivity contribution is 5.94. The van der Waals surface area contributed by atoms with Crippen molar-refractivity contribution in [2.45, 2.75) is 12.8 Å². The van der Waals surface area contributed by atoms with E-state index in [2.05, 4.69) is 10.6 Å². The predicted octanol–water partition coefficient (Wildman–Crippen LogP) is 0.635. The minimum atomic E-state index is -0.234. The van der Waals surface area contributed by atoms with Crippen LogP contribution in [0.2, 0.25) is 0 Å². The Morgan fingerprint density at radius 3 is 2.50 bits per heavy atom. The van der Waals surface area contributed by atoms with Crippen LogP contribution in [0.1, 0.15) is 12.0 Å². The SMILES string of the molecule is COc1ccc(CCCNC(=N)NC(=N)N)cc1. The average molecular weight is 249 g/mol. The number of aryl methyl sites for hydroxylation is 1. The lowest BCUT2D eigenvalue weighted by Crippen LogP contribution is -2.43. The molecule has 0 bridgehead atoms. The van der Waals surface area contributed by atoms with Crippen LogP contribution in [0.25, 0.3) is 0 Å². The first-order valence-corrected chi connectivity index (χ1v) is 5.68. The van der Waals surface area contributed by atoms with Gasteiger partial charge in [-0.1, -0.05) is 12.1 Å². The van der Waals surface area contributed by atoms with Crippen molar-refractivity contribution in [3.8, 4) is 5.75 Å². The summed E-state index contributed by atoms with van der Waals surface area (Å²) in [6.07, 6.45) is 1.82. The Kier molecular flexibility index (Phi) is 5.50. The van der Waals surface area contributed by atoms with Gasteiger partial charge in [-0.3, -0.25) is 16.1 Å². The normalized spacial score (nSPS) is 9.61. The van der Waals surface area contributed by atoms with E-state index in [1.165, 1.54) is 5.56 Å². The molecule has 98 valence electrons. The van der Waals surface area contributed by atoms with Gasteiger partial charge in [-0.05, 0) is 30.5 Å². The maximum absolute atomic E-state index is 7.40. The van der Waals surface area contributed by atoms with Crippen LogP contribution in [0.15, 0.2) is 24.3 Å². The van der Waals surface area contributed by atoms with Gasteiger partial charge in [0.15, 0.2) is 11.9 Å². The van der Waals surface area contributed by atoms with E-state index in [0.717, 1.165) is 18.6 Å². The minimum absolute atomic E-state index is 0.0530. The summed E-state index contributed by atoms with van der Waals surface area (Å²) in [6.45, 7) is 0.658. The summed E-state index contributed by atoms with van der Waals surface area (Å²) in [5, 5.41) is 19.6. The lowest BCUT2D eigenvalue weighted by atomic mass is 10.1. The third-order valence-corrected chi connectivity index (χ3v) is 2.36. The molecule has 0 saturated heterocycles. The van der Waals surface area contributed by atoms with Crippen molar-refractivity contribution >= 4 is 11.9 Å². The van der Waals surface area contributed by atoms with Crippen molar-refractivity contribution in [1.82, 2.24) is 10.6 Å². The summed E-state index contributed by atoms with van der Waals surface area (Å²) in [6, 6.07) is 7.92. The zero-order valence-electron chi connectivity index (χ0n) is 10.4. The second-order valence-corrected chi connectivity index (χ2v) is 3.79. The zero-order chi connectivity index (χ0) is 13.4. The molecule has 0 amide bonds. The van der Waals surface area contributed by atoms with Crippen molar-refractivity contribution in [2.75, 3.05) is 13.7 Å². The number of nitrogens with two attached hydrogens (primary N) is 1. The predicted molar refractivity (Wildman–Crippen MR) is 72.1 cm³/mol. The minimum Gasteiger partial charge on any atom is -0.497 e. The molecule has 0 aromatic heterocycles. The van der Waals surface area contributed by atoms with E-state index in [-0.39, 0.29) is 11.9 Å². The Labute approximate surface area is 107 Å². The lowest BCUT2D eigenvalue weighted by Gasteiger charge is -2.08. The largest absolute Gasteiger partial charge is 0.497 e. The first kappa shape index (κ1) is 13.8. The quantitative estimate of drug-likeness (QED) is 0.300. The van der Waals surface area contributed by atoms with E-state index in [1.54, 1.807) is 7.11 Å². The highest BCUT2D eigenvalue weighted by Crippen LogP contribution is 2.12. The Bertz CT molecular complexity index is 401. The first-order chi connectivity index (χ1) is 8.61. The molecule has 0 spiro atoms. The molecule has 0 saturated carbocycles. The van der Waals surface area contributed by atoms with Gasteiger partial charge in [-0.15, -0.1) is 0 Å². The molecule has 1 aromatic carbocycles. The molecule has 0 atom stereocenters. The van der Waals surface area contributed by atoms with Gasteiger partial charge in [-0.25, -0.2) is 0 Å². The number of rotatable bonds is 5. The Morgan fingerprint density at radius 2 is 1.94 bits per heavy atom. The molecule has 0 unspecified atom stereocenters. The number of hydrogen-bond donors (Lipinski definition) is 5. The van der Waals surface area contributed by atoms with Crippen molar-refractivity contribution in [1.29, 1.82) is 10.8 Å². The number of guanidine groups is 2. The van der Waals surface area contributed by atoms with Gasteiger partial charge in [0.1, 0.15) is 5.75 Å². The van der Waals surface area contributed by atoms with E-state index in [4.69, 9.17) is 21.3 Å². The molecule has 6 nitrogen and oxygen atoms in total. The van der Waals surface area contributed by atoms with Crippen molar-refractivity contribution in [2.24, 2.45) is 5.73 Å². The van der Waals surface area contributed by atoms with E-state index in [1.807, 2.05) is 24.3 Å². The molecular weight excluding hydrogens is 230 g/mol. The van der Waals surface area contributed by atoms with Crippen LogP contribution in [-0.4, -0.2) is 25.6 Å². The maximum Gasteiger partial charge on any atom is 0.195 e. The van der Waals surface area contributed by atoms with Crippen molar-refractivity contribution < 1.29 is 4.74 Å². The fourth-order valence-electron chi connectivity index (χ4n) is 1.48. The third-order valence-electron chi connectivity index (χ3n) is 2.36. The lowest BCUT2D eigenvalue weighted by molar-refractivity contribution is 0.414. The molecule has 1 rings (SSSR count). The summed E-state index contributed by atoms with van der Waals surface area (Å²) >= 11 is 0. The van der Waals surface area contributed by atoms with Gasteiger partial charge < -0.3 is 15.8 Å². The summed E-state index contributed by atoms with van der Waals surface area (Å²) in [4.78, 5) is 0. The average Bonchev–Trinajstić information content (AvgIpc) is 2.34. The van der Waals surface area contributed by atoms with Gasteiger partial charge in [0.25, 0.3) is 0 Å². The molecule has 0 heterocycles. The number of ether oxygens (including phenoxy) is 1. The first-order valence-electron chi connectivity index (χ1n) is 5.68. The summed E-state index contributed by atoms with van der Waals surface area (Å²) in [5.41, 5.74) is 6.32. The van der Waals surface area contributed by atoms with Crippen molar-refractivity contribution in [3.05, 3.63) is 29.8 Å². The standard InChI is InChI=1S/C12H19N5O/c1-18-10-6-4-9(5-7-10)3-2-8-16-12(15)17-11(13)14/h4-7H,2-3,8H2,1H3,(H6,13,14,15,16,17). The van der Waals surface area contributed by atoms with Gasteiger partial charge in [0.05, 0.1) is 7.11 Å². The van der Waals surface area contributed by atoms with Crippen LogP contribution in [-0.2, 0) is 6.42 Å². The monoisotopic (exact) mass is 249 g/mol. The molecule has 1 aromatic rings. The molecule has 6 heteroatoms. The molecular formula is C12H19N5O. The van der Waals surface area contributed by atoms with E-state index < -0.39 is 0 Å². The van der Waals surface area contributed by atoms with Gasteiger partial charge in [0, 0.05) is 6.54 Å². The third kappa shape index (κ3) is 5.20. The van der Waals surface area contributed by atoms with E-state index in [9.17, 15) is 0 Å². The van der Waals surface area contributed by atoms with Crippen LogP contribution in [0.4, 0.5) is 0 Å². The van der Waals surface area contributed by atoms with Gasteiger partial charge >= 0.3 is 0 Å². The number of benzene rings is 1. The Hall–Kier alpha value is -2.24. The number of methoxy groups -OCH3 is 1. The highest BCUT2D eigenvalue weighted by Gasteiger charge is 1.97. The highest BCUT2D eigenvalue weighted by atomic mass is 16.5. The smallest absolute Gasteiger partial charge is 0.195 e. The molecule has 0 aliphatic rings. The second kappa shape index (κ2) is 7.16. The van der Waals surface area contributed by atoms with Gasteiger partial charge in [-0.2, -0.15) is 0 Å². The molecule has 0 radical (unpaired) electrons. The van der Waals surface area contributed by atoms with Crippen molar-refractivity contribution in [3.63, 3.8) is 0 Å². The number of nitrogens with one attached hydrogen (secondary N) is 4. The summed E-state index contributed by atoms with van der Waals surface area (Å²) in [7, 11) is 1.65. The maximum atomic E-state index is 7.40. The van der Waals surface area contributed by atoms with E-state index >= 15 is 0 Å². The van der Waals surface area contributed by atoms with Gasteiger partial charge in [0.2, 0.25) is 0 Å². The number of hydrogen-bond acceptors (Lipinski definition) is 3. The Morgan fingerprint density at radius 1 is 1.28 bits per heavy atom. The van der Waals surface area contributed by atoms with Crippen LogP contribution in [0.5, 0.6) is 5.75 Å². The molecule has 0 aliphatic heterocycles. The Balaban J connectivity index is 2.21.